The number of primary amides is 1. The van der Waals surface area contributed by atoms with Crippen molar-refractivity contribution in [1.29, 1.82) is 0 Å². The molecule has 0 aliphatic carbocycles. The number of aromatic nitrogens is 3. The van der Waals surface area contributed by atoms with Crippen molar-refractivity contribution in [1.82, 2.24) is 14.5 Å². The maximum absolute atomic E-state index is 14.2. The van der Waals surface area contributed by atoms with E-state index in [-0.39, 0.29) is 40.5 Å². The highest BCUT2D eigenvalue weighted by atomic mass is 32.2. The molecule has 40 heavy (non-hydrogen) atoms. The summed E-state index contributed by atoms with van der Waals surface area (Å²) in [6, 6.07) is 16.8. The van der Waals surface area contributed by atoms with Crippen molar-refractivity contribution < 1.29 is 22.6 Å². The average Bonchev–Trinajstić information content (AvgIpc) is 3.32. The van der Waals surface area contributed by atoms with Crippen LogP contribution in [0.25, 0.3) is 21.8 Å². The lowest BCUT2D eigenvalue weighted by Gasteiger charge is -2.19. The molecular weight excluding hydrogens is 530 g/mol. The zero-order valence-corrected chi connectivity index (χ0v) is 22.6. The van der Waals surface area contributed by atoms with Gasteiger partial charge in [0.05, 0.1) is 10.9 Å². The van der Waals surface area contributed by atoms with Crippen molar-refractivity contribution in [3.05, 3.63) is 101 Å². The zero-order valence-electron chi connectivity index (χ0n) is 21.8. The molecule has 2 aromatic heterocycles. The van der Waals surface area contributed by atoms with Gasteiger partial charge in [0.15, 0.2) is 5.78 Å². The lowest BCUT2D eigenvalue weighted by molar-refractivity contribution is 0.1000. The minimum absolute atomic E-state index is 0.00293. The lowest BCUT2D eigenvalue weighted by atomic mass is 9.91. The molecule has 10 nitrogen and oxygen atoms in total. The first kappa shape index (κ1) is 27.0. The van der Waals surface area contributed by atoms with Gasteiger partial charge in [-0.2, -0.15) is 8.42 Å². The second-order valence-electron chi connectivity index (χ2n) is 9.84. The Labute approximate surface area is 230 Å². The number of nitrogen functional groups attached to an aromatic ring is 1. The minimum atomic E-state index is -4.74. The van der Waals surface area contributed by atoms with E-state index in [0.29, 0.717) is 16.6 Å². The van der Waals surface area contributed by atoms with Gasteiger partial charge in [-0.1, -0.05) is 48.5 Å². The summed E-state index contributed by atoms with van der Waals surface area (Å²) in [4.78, 5) is 34.6. The number of nitrogens with zero attached hydrogens (tertiary/aromatic N) is 3. The van der Waals surface area contributed by atoms with Crippen molar-refractivity contribution in [3.63, 3.8) is 0 Å². The van der Waals surface area contributed by atoms with Crippen LogP contribution in [0, 0.1) is 0 Å². The Morgan fingerprint density at radius 3 is 2.42 bits per heavy atom. The summed E-state index contributed by atoms with van der Waals surface area (Å²) in [6.45, 7) is 3.81. The summed E-state index contributed by atoms with van der Waals surface area (Å²) in [5.41, 5.74) is 12.8. The first-order valence-corrected chi connectivity index (χ1v) is 14.0. The molecule has 3 aromatic carbocycles. The van der Waals surface area contributed by atoms with Crippen LogP contribution in [0.1, 0.15) is 62.5 Å². The third-order valence-corrected chi connectivity index (χ3v) is 8.15. The van der Waals surface area contributed by atoms with E-state index in [2.05, 4.69) is 9.97 Å². The Balaban J connectivity index is 1.73. The molecule has 5 aromatic rings. The predicted octanol–water partition coefficient (Wildman–Crippen LogP) is 4.25. The van der Waals surface area contributed by atoms with Crippen LogP contribution in [0.4, 0.5) is 5.82 Å². The van der Waals surface area contributed by atoms with Gasteiger partial charge in [-0.05, 0) is 54.3 Å². The molecule has 0 radical (unpaired) electrons. The van der Waals surface area contributed by atoms with Gasteiger partial charge in [0.2, 0.25) is 5.91 Å². The fourth-order valence-corrected chi connectivity index (χ4v) is 5.97. The molecule has 11 heteroatoms. The Morgan fingerprint density at radius 1 is 1.00 bits per heavy atom. The number of ketones is 1. The van der Waals surface area contributed by atoms with E-state index >= 15 is 0 Å². The van der Waals surface area contributed by atoms with Crippen molar-refractivity contribution in [2.24, 2.45) is 5.73 Å². The van der Waals surface area contributed by atoms with Gasteiger partial charge in [0.25, 0.3) is 10.1 Å². The number of carbonyl (C=O) groups excluding carboxylic acids is 2. The van der Waals surface area contributed by atoms with Gasteiger partial charge >= 0.3 is 0 Å². The van der Waals surface area contributed by atoms with Gasteiger partial charge in [-0.15, -0.1) is 0 Å². The molecule has 1 atom stereocenters. The smallest absolute Gasteiger partial charge is 0.272 e. The standard InChI is InChI=1S/C29H27N5O5S/c1-16(2)34-14-23(25-27(30)32-15-33-29(25)34)26(35)22-12-19(28(31)36)10-11-21(22)24(40(37,38)39)13-18-8-5-7-17-6-3-4-9-20(17)18/h3-12,14-16,24H,13H2,1-2H3,(H2,31,36)(H2,30,32,33)(H,37,38,39). The summed E-state index contributed by atoms with van der Waals surface area (Å²) >= 11 is 0. The summed E-state index contributed by atoms with van der Waals surface area (Å²) in [6.07, 6.45) is 2.74. The molecule has 1 unspecified atom stereocenters. The normalized spacial score (nSPS) is 12.7. The Kier molecular flexibility index (Phi) is 6.86. The van der Waals surface area contributed by atoms with E-state index in [0.717, 1.165) is 10.8 Å². The maximum atomic E-state index is 14.2. The predicted molar refractivity (Wildman–Crippen MR) is 153 cm³/mol. The number of fused-ring (bicyclic) bond motifs is 2. The summed E-state index contributed by atoms with van der Waals surface area (Å²) in [5, 5.41) is 0.483. The largest absolute Gasteiger partial charge is 0.383 e. The Hall–Kier alpha value is -4.61. The molecule has 0 bridgehead atoms. The van der Waals surface area contributed by atoms with Crippen molar-refractivity contribution in [2.75, 3.05) is 5.73 Å². The average molecular weight is 558 g/mol. The van der Waals surface area contributed by atoms with Crippen molar-refractivity contribution in [3.8, 4) is 0 Å². The number of hydrogen-bond donors (Lipinski definition) is 3. The number of carbonyl (C=O) groups is 2. The van der Waals surface area contributed by atoms with Crippen LogP contribution in [-0.2, 0) is 16.5 Å². The highest BCUT2D eigenvalue weighted by Gasteiger charge is 2.32. The van der Waals surface area contributed by atoms with E-state index in [1.165, 1.54) is 24.5 Å². The van der Waals surface area contributed by atoms with E-state index in [4.69, 9.17) is 11.5 Å². The molecule has 1 amide bonds. The van der Waals surface area contributed by atoms with E-state index in [1.54, 1.807) is 22.9 Å². The fourth-order valence-electron chi connectivity index (χ4n) is 5.05. The molecule has 0 spiro atoms. The monoisotopic (exact) mass is 557 g/mol. The van der Waals surface area contributed by atoms with E-state index in [1.807, 2.05) is 44.2 Å². The van der Waals surface area contributed by atoms with Crippen LogP contribution in [0.15, 0.2) is 73.2 Å². The molecule has 0 aliphatic heterocycles. The van der Waals surface area contributed by atoms with Gasteiger partial charge < -0.3 is 16.0 Å². The number of rotatable bonds is 8. The molecule has 0 fully saturated rings. The molecule has 5 N–H and O–H groups in total. The van der Waals surface area contributed by atoms with Crippen LogP contribution in [-0.4, -0.2) is 39.2 Å². The number of benzene rings is 3. The molecular formula is C29H27N5O5S. The number of nitrogens with two attached hydrogens (primary N) is 2. The third kappa shape index (κ3) is 4.80. The van der Waals surface area contributed by atoms with Crippen LogP contribution < -0.4 is 11.5 Å². The molecule has 5 rings (SSSR count). The first-order chi connectivity index (χ1) is 19.0. The van der Waals surface area contributed by atoms with Gasteiger partial charge in [-0.3, -0.25) is 14.1 Å². The van der Waals surface area contributed by atoms with Crippen LogP contribution in [0.2, 0.25) is 0 Å². The third-order valence-electron chi connectivity index (χ3n) is 7.01. The molecule has 2 heterocycles. The van der Waals surface area contributed by atoms with Crippen LogP contribution in [0.5, 0.6) is 0 Å². The molecule has 0 aliphatic rings. The van der Waals surface area contributed by atoms with Crippen molar-refractivity contribution in [2.45, 2.75) is 31.6 Å². The fraction of sp³-hybridized carbons (Fsp3) is 0.172. The van der Waals surface area contributed by atoms with Gasteiger partial charge in [0, 0.05) is 23.4 Å². The number of hydrogen-bond acceptors (Lipinski definition) is 7. The summed E-state index contributed by atoms with van der Waals surface area (Å²) in [7, 11) is -4.74. The second-order valence-corrected chi connectivity index (χ2v) is 11.4. The highest BCUT2D eigenvalue weighted by molar-refractivity contribution is 7.86. The maximum Gasteiger partial charge on any atom is 0.272 e. The lowest BCUT2D eigenvalue weighted by Crippen LogP contribution is -2.20. The van der Waals surface area contributed by atoms with Gasteiger partial charge in [0.1, 0.15) is 23.0 Å². The molecule has 0 saturated carbocycles. The Bertz CT molecular complexity index is 1910. The minimum Gasteiger partial charge on any atom is -0.383 e. The van der Waals surface area contributed by atoms with Crippen LogP contribution >= 0.6 is 0 Å². The quantitative estimate of drug-likeness (QED) is 0.188. The highest BCUT2D eigenvalue weighted by Crippen LogP contribution is 2.35. The van der Waals surface area contributed by atoms with E-state index < -0.39 is 27.1 Å². The van der Waals surface area contributed by atoms with Gasteiger partial charge in [-0.25, -0.2) is 9.97 Å². The summed E-state index contributed by atoms with van der Waals surface area (Å²) in [5.74, 6) is -1.34. The Morgan fingerprint density at radius 2 is 1.73 bits per heavy atom. The second kappa shape index (κ2) is 10.2. The first-order valence-electron chi connectivity index (χ1n) is 12.5. The zero-order chi connectivity index (χ0) is 28.8. The molecule has 0 saturated heterocycles. The summed E-state index contributed by atoms with van der Waals surface area (Å²) < 4.78 is 37.9. The number of amides is 1. The van der Waals surface area contributed by atoms with Crippen LogP contribution in [0.3, 0.4) is 0 Å². The molecule has 204 valence electrons. The SMILES string of the molecule is CC(C)n1cc(C(=O)c2cc(C(N)=O)ccc2C(Cc2cccc3ccccc23)S(=O)(=O)O)c2c(N)ncnc21. The number of anilines is 1. The topological polar surface area (TPSA) is 171 Å². The van der Waals surface area contributed by atoms with Crippen molar-refractivity contribution >= 4 is 49.4 Å². The van der Waals surface area contributed by atoms with E-state index in [9.17, 15) is 22.6 Å².